The predicted octanol–water partition coefficient (Wildman–Crippen LogP) is 4.58. The highest BCUT2D eigenvalue weighted by Gasteiger charge is 2.17. The molecule has 2 heterocycles. The second kappa shape index (κ2) is 5.57. The number of alkyl halides is 1. The Morgan fingerprint density at radius 2 is 2.30 bits per heavy atom. The lowest BCUT2D eigenvalue weighted by Gasteiger charge is -2.09. The minimum absolute atomic E-state index is 0.239. The number of hydrogen-bond donors (Lipinski definition) is 0. The molecule has 104 valence electrons. The first-order valence-electron chi connectivity index (χ1n) is 5.93. The summed E-state index contributed by atoms with van der Waals surface area (Å²) in [6, 6.07) is 3.27. The third kappa shape index (κ3) is 2.56. The van der Waals surface area contributed by atoms with Crippen molar-refractivity contribution in [1.82, 2.24) is 14.5 Å². The van der Waals surface area contributed by atoms with Crippen molar-refractivity contribution in [2.45, 2.75) is 18.8 Å². The third-order valence-electron chi connectivity index (χ3n) is 2.97. The molecule has 7 heteroatoms. The van der Waals surface area contributed by atoms with Crippen LogP contribution in [0.25, 0.3) is 11.0 Å². The molecule has 20 heavy (non-hydrogen) atoms. The molecule has 0 aliphatic rings. The molecule has 0 bridgehead atoms. The molecule has 0 saturated heterocycles. The normalized spacial score (nSPS) is 13.0. The number of aromatic nitrogens is 3. The van der Waals surface area contributed by atoms with Gasteiger partial charge in [-0.3, -0.25) is 4.98 Å². The molecule has 0 radical (unpaired) electrons. The van der Waals surface area contributed by atoms with E-state index in [1.165, 1.54) is 6.07 Å². The van der Waals surface area contributed by atoms with Gasteiger partial charge in [0, 0.05) is 17.1 Å². The average Bonchev–Trinajstić information content (AvgIpc) is 3.00. The van der Waals surface area contributed by atoms with Crippen molar-refractivity contribution in [2.75, 3.05) is 0 Å². The largest absolute Gasteiger partial charge is 0.321 e. The molecule has 1 aromatic carbocycles. The van der Waals surface area contributed by atoms with Crippen LogP contribution < -0.4 is 0 Å². The lowest BCUT2D eigenvalue weighted by atomic mass is 10.3. The van der Waals surface area contributed by atoms with Gasteiger partial charge in [-0.05, 0) is 35.6 Å². The number of benzene rings is 1. The zero-order chi connectivity index (χ0) is 14.3. The second-order valence-corrected chi connectivity index (χ2v) is 7.18. The number of imidazole rings is 1. The fourth-order valence-corrected chi connectivity index (χ4v) is 3.28. The maximum atomic E-state index is 13.8. The van der Waals surface area contributed by atoms with E-state index in [-0.39, 0.29) is 11.2 Å². The molecule has 0 N–H and O–H groups in total. The van der Waals surface area contributed by atoms with Crippen molar-refractivity contribution >= 4 is 56.6 Å². The average molecular weight is 422 g/mol. The highest BCUT2D eigenvalue weighted by Crippen LogP contribution is 2.28. The van der Waals surface area contributed by atoms with Crippen molar-refractivity contribution in [3.8, 4) is 0 Å². The summed E-state index contributed by atoms with van der Waals surface area (Å²) >= 11 is 9.74. The summed E-state index contributed by atoms with van der Waals surface area (Å²) in [6.07, 6.45) is 1.81. The molecule has 1 unspecified atom stereocenters. The number of nitrogens with zero attached hydrogens (tertiary/aromatic N) is 3. The molecule has 1 atom stereocenters. The Morgan fingerprint density at radius 3 is 2.95 bits per heavy atom. The Morgan fingerprint density at radius 1 is 1.50 bits per heavy atom. The fraction of sp³-hybridized carbons (Fsp3) is 0.231. The second-order valence-electron chi connectivity index (χ2n) is 4.39. The Hall–Kier alpha value is -0.730. The van der Waals surface area contributed by atoms with E-state index >= 15 is 0 Å². The summed E-state index contributed by atoms with van der Waals surface area (Å²) in [5, 5.41) is -0.240. The monoisotopic (exact) mass is 421 g/mol. The van der Waals surface area contributed by atoms with E-state index in [1.807, 2.05) is 40.3 Å². The van der Waals surface area contributed by atoms with E-state index in [0.29, 0.717) is 10.1 Å². The van der Waals surface area contributed by atoms with Crippen LogP contribution in [0.4, 0.5) is 4.39 Å². The van der Waals surface area contributed by atoms with Gasteiger partial charge in [0.25, 0.3) is 0 Å². The van der Waals surface area contributed by atoms with Gasteiger partial charge in [0.15, 0.2) is 0 Å². The summed E-state index contributed by atoms with van der Waals surface area (Å²) in [5.41, 5.74) is 3.31. The van der Waals surface area contributed by atoms with E-state index in [2.05, 4.69) is 9.97 Å². The van der Waals surface area contributed by atoms with Gasteiger partial charge in [0.2, 0.25) is 0 Å². The SMILES string of the molecule is CC(Cl)c1nc2cc(I)c(F)cc2n1Cc1cncs1. The number of rotatable bonds is 3. The summed E-state index contributed by atoms with van der Waals surface area (Å²) in [6.45, 7) is 2.47. The lowest BCUT2D eigenvalue weighted by molar-refractivity contribution is 0.621. The van der Waals surface area contributed by atoms with Crippen LogP contribution in [0, 0.1) is 9.39 Å². The quantitative estimate of drug-likeness (QED) is 0.458. The smallest absolute Gasteiger partial charge is 0.138 e. The summed E-state index contributed by atoms with van der Waals surface area (Å²) < 4.78 is 16.3. The topological polar surface area (TPSA) is 30.7 Å². The van der Waals surface area contributed by atoms with E-state index < -0.39 is 0 Å². The van der Waals surface area contributed by atoms with E-state index in [0.717, 1.165) is 21.7 Å². The van der Waals surface area contributed by atoms with Gasteiger partial charge in [0.1, 0.15) is 11.6 Å². The van der Waals surface area contributed by atoms with Crippen molar-refractivity contribution in [2.24, 2.45) is 0 Å². The van der Waals surface area contributed by atoms with Crippen LogP contribution in [0.5, 0.6) is 0 Å². The molecule has 0 fully saturated rings. The predicted molar refractivity (Wildman–Crippen MR) is 87.9 cm³/mol. The maximum absolute atomic E-state index is 13.8. The maximum Gasteiger partial charge on any atom is 0.138 e. The van der Waals surface area contributed by atoms with Crippen LogP contribution in [0.1, 0.15) is 23.0 Å². The molecule has 0 aliphatic carbocycles. The van der Waals surface area contributed by atoms with Gasteiger partial charge in [-0.25, -0.2) is 9.37 Å². The number of thiazole rings is 1. The van der Waals surface area contributed by atoms with Crippen LogP contribution in [0.3, 0.4) is 0 Å². The fourth-order valence-electron chi connectivity index (χ4n) is 2.08. The summed E-state index contributed by atoms with van der Waals surface area (Å²) in [5.74, 6) is 0.508. The van der Waals surface area contributed by atoms with Gasteiger partial charge < -0.3 is 4.57 Å². The summed E-state index contributed by atoms with van der Waals surface area (Å²) in [7, 11) is 0. The molecule has 0 amide bonds. The van der Waals surface area contributed by atoms with Gasteiger partial charge in [-0.2, -0.15) is 0 Å². The van der Waals surface area contributed by atoms with Gasteiger partial charge >= 0.3 is 0 Å². The Balaban J connectivity index is 2.20. The van der Waals surface area contributed by atoms with E-state index in [4.69, 9.17) is 11.6 Å². The van der Waals surface area contributed by atoms with Crippen LogP contribution in [-0.4, -0.2) is 14.5 Å². The Kier molecular flexibility index (Phi) is 3.96. The van der Waals surface area contributed by atoms with Crippen molar-refractivity contribution in [3.63, 3.8) is 0 Å². The molecule has 0 saturated carbocycles. The standard InChI is InChI=1S/C13H10ClFIN3S/c1-7(14)13-18-11-3-10(16)9(15)2-12(11)19(13)5-8-4-17-6-20-8/h2-4,6-7H,5H2,1H3. The van der Waals surface area contributed by atoms with Crippen LogP contribution >= 0.6 is 45.5 Å². The van der Waals surface area contributed by atoms with Crippen LogP contribution in [0.2, 0.25) is 0 Å². The molecule has 3 nitrogen and oxygen atoms in total. The van der Waals surface area contributed by atoms with Crippen molar-refractivity contribution < 1.29 is 4.39 Å². The van der Waals surface area contributed by atoms with Crippen molar-refractivity contribution in [3.05, 3.63) is 43.9 Å². The Bertz CT molecular complexity index is 755. The first kappa shape index (κ1) is 14.2. The zero-order valence-corrected chi connectivity index (χ0v) is 14.2. The molecular weight excluding hydrogens is 412 g/mol. The highest BCUT2D eigenvalue weighted by molar-refractivity contribution is 14.1. The highest BCUT2D eigenvalue weighted by atomic mass is 127. The van der Waals surface area contributed by atoms with E-state index in [1.54, 1.807) is 22.9 Å². The minimum Gasteiger partial charge on any atom is -0.321 e. The number of hydrogen-bond acceptors (Lipinski definition) is 3. The Labute approximate surface area is 137 Å². The molecule has 3 aromatic rings. The number of halogens is 3. The first-order valence-corrected chi connectivity index (χ1v) is 8.32. The molecule has 2 aromatic heterocycles. The molecular formula is C13H10ClFIN3S. The lowest BCUT2D eigenvalue weighted by Crippen LogP contribution is -2.05. The summed E-state index contributed by atoms with van der Waals surface area (Å²) in [4.78, 5) is 9.69. The van der Waals surface area contributed by atoms with Gasteiger partial charge in [-0.1, -0.05) is 0 Å². The van der Waals surface area contributed by atoms with Crippen LogP contribution in [0.15, 0.2) is 23.8 Å². The van der Waals surface area contributed by atoms with Gasteiger partial charge in [-0.15, -0.1) is 22.9 Å². The van der Waals surface area contributed by atoms with Crippen molar-refractivity contribution in [1.29, 1.82) is 0 Å². The zero-order valence-electron chi connectivity index (χ0n) is 10.5. The van der Waals surface area contributed by atoms with Crippen LogP contribution in [-0.2, 0) is 6.54 Å². The third-order valence-corrected chi connectivity index (χ3v) is 4.76. The molecule has 3 rings (SSSR count). The van der Waals surface area contributed by atoms with Gasteiger partial charge in [0.05, 0.1) is 32.0 Å². The molecule has 0 spiro atoms. The number of fused-ring (bicyclic) bond motifs is 1. The molecule has 0 aliphatic heterocycles. The first-order chi connectivity index (χ1) is 9.56. The minimum atomic E-state index is -0.240. The van der Waals surface area contributed by atoms with E-state index in [9.17, 15) is 4.39 Å².